The third kappa shape index (κ3) is 5.79. The molecule has 0 radical (unpaired) electrons. The van der Waals surface area contributed by atoms with Gasteiger partial charge >= 0.3 is 0 Å². The number of likely N-dealkylation sites (N-methyl/N-ethyl adjacent to an activating group) is 1. The maximum atomic E-state index is 9.96. The molecule has 1 N–H and O–H groups in total. The SMILES string of the molecule is CN(Cc1cc(Br)cs1)CC(O)COCC1CCCO1. The number of aliphatic hydroxyl groups excluding tert-OH is 1. The zero-order valence-electron chi connectivity index (χ0n) is 11.8. The molecule has 1 aliphatic rings. The van der Waals surface area contributed by atoms with Gasteiger partial charge in [0.05, 0.1) is 25.4 Å². The lowest BCUT2D eigenvalue weighted by Gasteiger charge is -2.20. The Morgan fingerprint density at radius 1 is 1.65 bits per heavy atom. The molecular weight excluding hydrogens is 342 g/mol. The van der Waals surface area contributed by atoms with E-state index >= 15 is 0 Å². The minimum Gasteiger partial charge on any atom is -0.389 e. The van der Waals surface area contributed by atoms with E-state index in [1.54, 1.807) is 11.3 Å². The van der Waals surface area contributed by atoms with Crippen LogP contribution in [0.4, 0.5) is 0 Å². The molecule has 114 valence electrons. The summed E-state index contributed by atoms with van der Waals surface area (Å²) >= 11 is 5.17. The molecule has 0 saturated carbocycles. The molecular formula is C14H22BrNO3S. The van der Waals surface area contributed by atoms with Gasteiger partial charge in [0.25, 0.3) is 0 Å². The van der Waals surface area contributed by atoms with Crippen LogP contribution in [0.3, 0.4) is 0 Å². The highest BCUT2D eigenvalue weighted by atomic mass is 79.9. The van der Waals surface area contributed by atoms with Gasteiger partial charge in [-0.1, -0.05) is 0 Å². The first kappa shape index (κ1) is 16.4. The Kier molecular flexibility index (Phi) is 6.93. The van der Waals surface area contributed by atoms with Crippen LogP contribution in [0.15, 0.2) is 15.9 Å². The van der Waals surface area contributed by atoms with Crippen molar-refractivity contribution in [2.75, 3.05) is 33.4 Å². The number of hydrogen-bond donors (Lipinski definition) is 1. The van der Waals surface area contributed by atoms with Gasteiger partial charge in [-0.25, -0.2) is 0 Å². The predicted octanol–water partition coefficient (Wildman–Crippen LogP) is 2.50. The first-order valence-corrected chi connectivity index (χ1v) is 8.59. The standard InChI is InChI=1S/C14H22BrNO3S/c1-16(7-14-5-11(15)10-20-14)6-12(17)8-18-9-13-3-2-4-19-13/h5,10,12-13,17H,2-4,6-9H2,1H3. The smallest absolute Gasteiger partial charge is 0.0900 e. The maximum absolute atomic E-state index is 9.96. The van der Waals surface area contributed by atoms with Crippen molar-refractivity contribution in [1.29, 1.82) is 0 Å². The molecule has 4 nitrogen and oxygen atoms in total. The molecule has 0 aromatic carbocycles. The van der Waals surface area contributed by atoms with Crippen molar-refractivity contribution in [2.45, 2.75) is 31.6 Å². The van der Waals surface area contributed by atoms with Crippen LogP contribution in [0.2, 0.25) is 0 Å². The van der Waals surface area contributed by atoms with E-state index in [2.05, 4.69) is 32.3 Å². The van der Waals surface area contributed by atoms with Crippen LogP contribution in [-0.2, 0) is 16.0 Å². The highest BCUT2D eigenvalue weighted by Crippen LogP contribution is 2.20. The molecule has 1 aromatic rings. The lowest BCUT2D eigenvalue weighted by molar-refractivity contribution is -0.0238. The van der Waals surface area contributed by atoms with Crippen LogP contribution in [0, 0.1) is 0 Å². The lowest BCUT2D eigenvalue weighted by Crippen LogP contribution is -2.32. The minimum absolute atomic E-state index is 0.225. The molecule has 1 saturated heterocycles. The van der Waals surface area contributed by atoms with Crippen molar-refractivity contribution in [2.24, 2.45) is 0 Å². The predicted molar refractivity (Wildman–Crippen MR) is 84.2 cm³/mol. The summed E-state index contributed by atoms with van der Waals surface area (Å²) in [4.78, 5) is 3.39. The average molecular weight is 364 g/mol. The van der Waals surface area contributed by atoms with E-state index < -0.39 is 6.10 Å². The molecule has 2 unspecified atom stereocenters. The molecule has 6 heteroatoms. The summed E-state index contributed by atoms with van der Waals surface area (Å²) in [5, 5.41) is 12.0. The van der Waals surface area contributed by atoms with Gasteiger partial charge in [-0.2, -0.15) is 0 Å². The van der Waals surface area contributed by atoms with Crippen LogP contribution < -0.4 is 0 Å². The van der Waals surface area contributed by atoms with E-state index in [0.29, 0.717) is 19.8 Å². The van der Waals surface area contributed by atoms with Crippen molar-refractivity contribution in [3.05, 3.63) is 20.8 Å². The van der Waals surface area contributed by atoms with Crippen LogP contribution in [0.5, 0.6) is 0 Å². The number of aliphatic hydroxyl groups is 1. The van der Waals surface area contributed by atoms with Crippen molar-refractivity contribution >= 4 is 27.3 Å². The monoisotopic (exact) mass is 363 g/mol. The van der Waals surface area contributed by atoms with Gasteiger partial charge in [-0.3, -0.25) is 4.90 Å². The zero-order valence-corrected chi connectivity index (χ0v) is 14.2. The average Bonchev–Trinajstić information content (AvgIpc) is 3.01. The molecule has 0 amide bonds. The fourth-order valence-corrected chi connectivity index (χ4v) is 3.82. The normalized spacial score (nSPS) is 20.7. The van der Waals surface area contributed by atoms with Crippen molar-refractivity contribution in [3.63, 3.8) is 0 Å². The molecule has 20 heavy (non-hydrogen) atoms. The molecule has 1 aromatic heterocycles. The first-order chi connectivity index (χ1) is 9.63. The Hall–Kier alpha value is 0.0200. The van der Waals surface area contributed by atoms with E-state index in [4.69, 9.17) is 9.47 Å². The molecule has 0 bridgehead atoms. The molecule has 2 rings (SSSR count). The Balaban J connectivity index is 1.59. The number of halogens is 1. The van der Waals surface area contributed by atoms with Gasteiger partial charge in [-0.05, 0) is 41.9 Å². The first-order valence-electron chi connectivity index (χ1n) is 6.92. The number of hydrogen-bond acceptors (Lipinski definition) is 5. The van der Waals surface area contributed by atoms with Crippen LogP contribution in [-0.4, -0.2) is 55.6 Å². The summed E-state index contributed by atoms with van der Waals surface area (Å²) in [6.45, 7) is 3.27. The summed E-state index contributed by atoms with van der Waals surface area (Å²) < 4.78 is 12.1. The zero-order chi connectivity index (χ0) is 14.4. The number of nitrogens with zero attached hydrogens (tertiary/aromatic N) is 1. The molecule has 1 fully saturated rings. The topological polar surface area (TPSA) is 41.9 Å². The summed E-state index contributed by atoms with van der Waals surface area (Å²) in [6.07, 6.45) is 1.96. The van der Waals surface area contributed by atoms with Crippen molar-refractivity contribution in [1.82, 2.24) is 4.90 Å². The number of ether oxygens (including phenoxy) is 2. The number of thiophene rings is 1. The highest BCUT2D eigenvalue weighted by molar-refractivity contribution is 9.10. The van der Waals surface area contributed by atoms with Gasteiger partial charge in [0.2, 0.25) is 0 Å². The fraction of sp³-hybridized carbons (Fsp3) is 0.714. The summed E-state index contributed by atoms with van der Waals surface area (Å²) in [6, 6.07) is 2.11. The van der Waals surface area contributed by atoms with Gasteiger partial charge in [0, 0.05) is 34.4 Å². The van der Waals surface area contributed by atoms with E-state index in [0.717, 1.165) is 30.5 Å². The van der Waals surface area contributed by atoms with Crippen LogP contribution in [0.1, 0.15) is 17.7 Å². The Bertz CT molecular complexity index is 396. The summed E-state index contributed by atoms with van der Waals surface area (Å²) in [7, 11) is 2.01. The van der Waals surface area contributed by atoms with Crippen molar-refractivity contribution < 1.29 is 14.6 Å². The van der Waals surface area contributed by atoms with Gasteiger partial charge in [0.1, 0.15) is 0 Å². The Labute approximate surface area is 132 Å². The quantitative estimate of drug-likeness (QED) is 0.770. The minimum atomic E-state index is -0.454. The molecule has 2 heterocycles. The molecule has 2 atom stereocenters. The van der Waals surface area contributed by atoms with E-state index in [-0.39, 0.29) is 6.10 Å². The Morgan fingerprint density at radius 2 is 2.50 bits per heavy atom. The van der Waals surface area contributed by atoms with Gasteiger partial charge in [-0.15, -0.1) is 11.3 Å². The van der Waals surface area contributed by atoms with E-state index in [1.165, 1.54) is 4.88 Å². The summed E-state index contributed by atoms with van der Waals surface area (Å²) in [5.41, 5.74) is 0. The number of rotatable bonds is 8. The highest BCUT2D eigenvalue weighted by Gasteiger charge is 2.16. The molecule has 0 spiro atoms. The molecule has 1 aliphatic heterocycles. The third-order valence-corrected chi connectivity index (χ3v) is 4.89. The van der Waals surface area contributed by atoms with Gasteiger partial charge in [0.15, 0.2) is 0 Å². The van der Waals surface area contributed by atoms with Crippen LogP contribution >= 0.6 is 27.3 Å². The molecule has 0 aliphatic carbocycles. The Morgan fingerprint density at radius 3 is 3.15 bits per heavy atom. The second kappa shape index (κ2) is 8.46. The second-order valence-corrected chi connectivity index (χ2v) is 7.17. The van der Waals surface area contributed by atoms with Gasteiger partial charge < -0.3 is 14.6 Å². The van der Waals surface area contributed by atoms with Crippen LogP contribution in [0.25, 0.3) is 0 Å². The van der Waals surface area contributed by atoms with E-state index in [1.807, 2.05) is 7.05 Å². The lowest BCUT2D eigenvalue weighted by atomic mass is 10.2. The third-order valence-electron chi connectivity index (χ3n) is 3.21. The second-order valence-electron chi connectivity index (χ2n) is 5.25. The van der Waals surface area contributed by atoms with E-state index in [9.17, 15) is 5.11 Å². The van der Waals surface area contributed by atoms with Crippen molar-refractivity contribution in [3.8, 4) is 0 Å². The largest absolute Gasteiger partial charge is 0.389 e. The fourth-order valence-electron chi connectivity index (χ4n) is 2.29. The summed E-state index contributed by atoms with van der Waals surface area (Å²) in [5.74, 6) is 0. The maximum Gasteiger partial charge on any atom is 0.0900 e.